The summed E-state index contributed by atoms with van der Waals surface area (Å²) in [6, 6.07) is 7.89. The molecule has 0 aliphatic carbocycles. The summed E-state index contributed by atoms with van der Waals surface area (Å²) in [7, 11) is -2.06. The Labute approximate surface area is 85.8 Å². The molecule has 0 spiro atoms. The molecule has 2 nitrogen and oxygen atoms in total. The molecule has 1 aromatic rings. The van der Waals surface area contributed by atoms with Crippen molar-refractivity contribution in [1.29, 1.82) is 0 Å². The monoisotopic (exact) mass is 211 g/mol. The summed E-state index contributed by atoms with van der Waals surface area (Å²) >= 11 is 0. The topological polar surface area (TPSA) is 37.3 Å². The molecule has 0 aliphatic heterocycles. The standard InChI is InChI=1S/C11H15O2P/c1-11(2,3)10-6-4-9(5-7-10)8-14(12)13/h4-7H,8H2,1-3H3/p+1. The van der Waals surface area contributed by atoms with Gasteiger partial charge in [0.25, 0.3) is 0 Å². The van der Waals surface area contributed by atoms with Gasteiger partial charge in [-0.25, -0.2) is 0 Å². The second kappa shape index (κ2) is 4.20. The zero-order valence-corrected chi connectivity index (χ0v) is 9.71. The Bertz CT molecular complexity index is 322. The van der Waals surface area contributed by atoms with Gasteiger partial charge in [0.05, 0.1) is 0 Å². The Morgan fingerprint density at radius 2 is 1.71 bits per heavy atom. The molecule has 1 aromatic carbocycles. The van der Waals surface area contributed by atoms with Crippen molar-refractivity contribution in [3.8, 4) is 0 Å². The molecule has 0 aromatic heterocycles. The van der Waals surface area contributed by atoms with E-state index in [4.69, 9.17) is 4.89 Å². The molecule has 1 rings (SSSR count). The maximum atomic E-state index is 10.6. The summed E-state index contributed by atoms with van der Waals surface area (Å²) < 4.78 is 10.6. The highest BCUT2D eigenvalue weighted by Crippen LogP contribution is 2.25. The van der Waals surface area contributed by atoms with E-state index in [2.05, 4.69) is 20.8 Å². The summed E-state index contributed by atoms with van der Waals surface area (Å²) in [5.41, 5.74) is 2.30. The minimum Gasteiger partial charge on any atom is -0.160 e. The van der Waals surface area contributed by atoms with Crippen LogP contribution in [0.3, 0.4) is 0 Å². The number of rotatable bonds is 2. The Morgan fingerprint density at radius 1 is 1.21 bits per heavy atom. The third kappa shape index (κ3) is 3.21. The molecule has 0 radical (unpaired) electrons. The van der Waals surface area contributed by atoms with Gasteiger partial charge in [0.15, 0.2) is 0 Å². The van der Waals surface area contributed by atoms with Gasteiger partial charge in [0.2, 0.25) is 6.16 Å². The minimum absolute atomic E-state index is 0.139. The van der Waals surface area contributed by atoms with Crippen molar-refractivity contribution in [3.63, 3.8) is 0 Å². The third-order valence-corrected chi connectivity index (χ3v) is 2.77. The van der Waals surface area contributed by atoms with Crippen LogP contribution in [0.5, 0.6) is 0 Å². The molecule has 0 saturated carbocycles. The van der Waals surface area contributed by atoms with Crippen molar-refractivity contribution in [2.45, 2.75) is 32.3 Å². The second-order valence-electron chi connectivity index (χ2n) is 4.46. The summed E-state index contributed by atoms with van der Waals surface area (Å²) in [4.78, 5) is 8.74. The van der Waals surface area contributed by atoms with Crippen LogP contribution < -0.4 is 0 Å². The van der Waals surface area contributed by atoms with E-state index < -0.39 is 8.03 Å². The van der Waals surface area contributed by atoms with Gasteiger partial charge in [-0.05, 0) is 15.5 Å². The zero-order valence-electron chi connectivity index (χ0n) is 8.82. The normalized spacial score (nSPS) is 12.7. The van der Waals surface area contributed by atoms with E-state index in [9.17, 15) is 4.57 Å². The smallest absolute Gasteiger partial charge is 0.160 e. The van der Waals surface area contributed by atoms with Gasteiger partial charge in [0.1, 0.15) is 0 Å². The molecule has 0 saturated heterocycles. The summed E-state index contributed by atoms with van der Waals surface area (Å²) in [5.74, 6) is 0. The molecule has 3 heteroatoms. The predicted molar refractivity (Wildman–Crippen MR) is 58.7 cm³/mol. The van der Waals surface area contributed by atoms with Crippen molar-refractivity contribution in [2.75, 3.05) is 0 Å². The van der Waals surface area contributed by atoms with Crippen LogP contribution in [-0.2, 0) is 16.1 Å². The van der Waals surface area contributed by atoms with Gasteiger partial charge in [-0.15, -0.1) is 0 Å². The van der Waals surface area contributed by atoms with Crippen LogP contribution in [0.15, 0.2) is 24.3 Å². The lowest BCUT2D eigenvalue weighted by molar-refractivity contribution is 0.502. The molecule has 1 unspecified atom stereocenters. The first-order valence-corrected chi connectivity index (χ1v) is 6.02. The third-order valence-electron chi connectivity index (χ3n) is 2.14. The predicted octanol–water partition coefficient (Wildman–Crippen LogP) is 3.22. The quantitative estimate of drug-likeness (QED) is 0.762. The van der Waals surface area contributed by atoms with E-state index in [1.165, 1.54) is 5.56 Å². The second-order valence-corrected chi connectivity index (χ2v) is 5.48. The van der Waals surface area contributed by atoms with Crippen LogP contribution in [0.2, 0.25) is 0 Å². The highest BCUT2D eigenvalue weighted by Gasteiger charge is 2.15. The maximum Gasteiger partial charge on any atom is 0.510 e. The van der Waals surface area contributed by atoms with Gasteiger partial charge in [-0.2, -0.15) is 4.89 Å². The SMILES string of the molecule is CC(C)(C)c1ccc(C[P+](=O)O)cc1. The molecular weight excluding hydrogens is 195 g/mol. The molecule has 0 amide bonds. The lowest BCUT2D eigenvalue weighted by Gasteiger charge is -2.18. The van der Waals surface area contributed by atoms with Crippen LogP contribution in [0.4, 0.5) is 0 Å². The lowest BCUT2D eigenvalue weighted by atomic mass is 9.87. The van der Waals surface area contributed by atoms with Crippen LogP contribution in [-0.4, -0.2) is 4.89 Å². The molecule has 1 atom stereocenters. The van der Waals surface area contributed by atoms with Gasteiger partial charge >= 0.3 is 8.03 Å². The van der Waals surface area contributed by atoms with E-state index in [-0.39, 0.29) is 11.6 Å². The average Bonchev–Trinajstić information content (AvgIpc) is 2.02. The van der Waals surface area contributed by atoms with E-state index in [0.29, 0.717) is 0 Å². The first kappa shape index (κ1) is 11.4. The highest BCUT2D eigenvalue weighted by molar-refractivity contribution is 7.37. The van der Waals surface area contributed by atoms with E-state index in [0.717, 1.165) is 5.56 Å². The first-order chi connectivity index (χ1) is 6.39. The van der Waals surface area contributed by atoms with E-state index in [1.807, 2.05) is 24.3 Å². The molecule has 0 aliphatic rings. The average molecular weight is 211 g/mol. The number of hydrogen-bond acceptors (Lipinski definition) is 1. The van der Waals surface area contributed by atoms with E-state index in [1.54, 1.807) is 0 Å². The highest BCUT2D eigenvalue weighted by atomic mass is 31.1. The van der Waals surface area contributed by atoms with E-state index >= 15 is 0 Å². The van der Waals surface area contributed by atoms with Crippen molar-refractivity contribution < 1.29 is 9.46 Å². The van der Waals surface area contributed by atoms with Gasteiger partial charge in [-0.3, -0.25) is 0 Å². The van der Waals surface area contributed by atoms with Crippen LogP contribution >= 0.6 is 8.03 Å². The molecule has 0 heterocycles. The molecule has 14 heavy (non-hydrogen) atoms. The van der Waals surface area contributed by atoms with Gasteiger partial charge < -0.3 is 0 Å². The Morgan fingerprint density at radius 3 is 2.07 bits per heavy atom. The number of benzene rings is 1. The van der Waals surface area contributed by atoms with Crippen molar-refractivity contribution in [1.82, 2.24) is 0 Å². The van der Waals surface area contributed by atoms with Crippen molar-refractivity contribution >= 4 is 8.03 Å². The molecule has 0 fully saturated rings. The molecule has 0 bridgehead atoms. The van der Waals surface area contributed by atoms with Crippen LogP contribution in [0.1, 0.15) is 31.9 Å². The molecular formula is C11H16O2P+. The van der Waals surface area contributed by atoms with Crippen molar-refractivity contribution in [3.05, 3.63) is 35.4 Å². The summed E-state index contributed by atoms with van der Waals surface area (Å²) in [5, 5.41) is 0. The fourth-order valence-corrected chi connectivity index (χ4v) is 1.79. The summed E-state index contributed by atoms with van der Waals surface area (Å²) in [6.45, 7) is 6.44. The van der Waals surface area contributed by atoms with Gasteiger partial charge in [0, 0.05) is 5.56 Å². The lowest BCUT2D eigenvalue weighted by Crippen LogP contribution is -2.10. The Balaban J connectivity index is 2.84. The first-order valence-electron chi connectivity index (χ1n) is 4.62. The molecule has 1 N–H and O–H groups in total. The Hall–Kier alpha value is -0.720. The minimum atomic E-state index is -2.06. The molecule has 76 valence electrons. The summed E-state index contributed by atoms with van der Waals surface area (Å²) in [6.07, 6.45) is 0.250. The largest absolute Gasteiger partial charge is 0.510 e. The fourth-order valence-electron chi connectivity index (χ4n) is 1.27. The van der Waals surface area contributed by atoms with Crippen LogP contribution in [0, 0.1) is 0 Å². The van der Waals surface area contributed by atoms with Crippen molar-refractivity contribution in [2.24, 2.45) is 0 Å². The maximum absolute atomic E-state index is 10.6. The van der Waals surface area contributed by atoms with Gasteiger partial charge in [-0.1, -0.05) is 45.0 Å². The zero-order chi connectivity index (χ0) is 10.8. The Kier molecular flexibility index (Phi) is 3.41. The van der Waals surface area contributed by atoms with Crippen LogP contribution in [0.25, 0.3) is 0 Å². The fraction of sp³-hybridized carbons (Fsp3) is 0.455. The number of hydrogen-bond donors (Lipinski definition) is 1.